The van der Waals surface area contributed by atoms with Crippen LogP contribution in [0.1, 0.15) is 35.8 Å². The molecule has 1 fully saturated rings. The van der Waals surface area contributed by atoms with Crippen molar-refractivity contribution in [3.63, 3.8) is 0 Å². The maximum Gasteiger partial charge on any atom is 0.391 e. The van der Waals surface area contributed by atoms with Gasteiger partial charge in [0.1, 0.15) is 11.5 Å². The molecular formula is C22H20F3N5O2. The summed E-state index contributed by atoms with van der Waals surface area (Å²) in [4.78, 5) is 37.5. The van der Waals surface area contributed by atoms with Gasteiger partial charge in [-0.1, -0.05) is 12.8 Å². The average molecular weight is 443 g/mol. The number of alkyl halides is 3. The third kappa shape index (κ3) is 4.10. The molecule has 2 aromatic rings. The number of aromatic nitrogens is 2. The van der Waals surface area contributed by atoms with Crippen LogP contribution < -0.4 is 15.1 Å². The van der Waals surface area contributed by atoms with Crippen LogP contribution in [0.2, 0.25) is 0 Å². The summed E-state index contributed by atoms with van der Waals surface area (Å²) in [7, 11) is 0. The summed E-state index contributed by atoms with van der Waals surface area (Å²) in [6, 6.07) is 5.53. The summed E-state index contributed by atoms with van der Waals surface area (Å²) >= 11 is 0. The number of pyridine rings is 2. The standard InChI is InChI=1S/C22H20F3N5O2/c1-3-14-6-8-26-19(11-14)28-21(32)30-15-7-9-29(12-15)17-5-4-16(27-20(17)30)18(31)10-13(2)22(23,24)25/h1,4-6,8,11,13,15H,7,9-10,12H2,2H3,(H,26,28,32)/t13-,15-/m0/s1. The normalized spacial score (nSPS) is 18.0. The fraction of sp³-hybridized carbons (Fsp3) is 0.364. The second-order valence-corrected chi connectivity index (χ2v) is 7.87. The first-order chi connectivity index (χ1) is 15.2. The van der Waals surface area contributed by atoms with E-state index in [-0.39, 0.29) is 23.4 Å². The summed E-state index contributed by atoms with van der Waals surface area (Å²) < 4.78 is 38.6. The van der Waals surface area contributed by atoms with Crippen molar-refractivity contribution >= 4 is 29.1 Å². The lowest BCUT2D eigenvalue weighted by Gasteiger charge is -2.35. The van der Waals surface area contributed by atoms with E-state index in [4.69, 9.17) is 6.42 Å². The maximum atomic E-state index is 13.1. The average Bonchev–Trinajstić information content (AvgIpc) is 3.17. The van der Waals surface area contributed by atoms with E-state index in [0.29, 0.717) is 30.8 Å². The zero-order valence-electron chi connectivity index (χ0n) is 17.2. The van der Waals surface area contributed by atoms with Gasteiger partial charge in [0.2, 0.25) is 0 Å². The number of rotatable bonds is 4. The number of fused-ring (bicyclic) bond motifs is 4. The minimum absolute atomic E-state index is 0.104. The molecule has 2 amide bonds. The Morgan fingerprint density at radius 2 is 2.12 bits per heavy atom. The summed E-state index contributed by atoms with van der Waals surface area (Å²) in [5.41, 5.74) is 1.10. The van der Waals surface area contributed by atoms with Gasteiger partial charge in [-0.05, 0) is 30.7 Å². The van der Waals surface area contributed by atoms with Crippen LogP contribution in [0.25, 0.3) is 0 Å². The predicted molar refractivity (Wildman–Crippen MR) is 113 cm³/mol. The van der Waals surface area contributed by atoms with E-state index in [1.165, 1.54) is 17.2 Å². The molecule has 2 aromatic heterocycles. The molecule has 0 spiro atoms. The van der Waals surface area contributed by atoms with Gasteiger partial charge in [0.15, 0.2) is 11.6 Å². The van der Waals surface area contributed by atoms with Crippen molar-refractivity contribution in [2.45, 2.75) is 32.0 Å². The van der Waals surface area contributed by atoms with Crippen molar-refractivity contribution in [3.05, 3.63) is 41.7 Å². The predicted octanol–water partition coefficient (Wildman–Crippen LogP) is 3.86. The Hall–Kier alpha value is -3.61. The van der Waals surface area contributed by atoms with Gasteiger partial charge < -0.3 is 4.90 Å². The Labute approximate surface area is 182 Å². The van der Waals surface area contributed by atoms with Gasteiger partial charge in [-0.2, -0.15) is 13.2 Å². The topological polar surface area (TPSA) is 78.4 Å². The van der Waals surface area contributed by atoms with Gasteiger partial charge in [0, 0.05) is 31.3 Å². The maximum absolute atomic E-state index is 13.1. The fourth-order valence-corrected chi connectivity index (χ4v) is 3.88. The number of nitrogens with one attached hydrogen (secondary N) is 1. The van der Waals surface area contributed by atoms with Gasteiger partial charge in [0.25, 0.3) is 0 Å². The van der Waals surface area contributed by atoms with Gasteiger partial charge in [0.05, 0.1) is 17.6 Å². The van der Waals surface area contributed by atoms with Crippen LogP contribution >= 0.6 is 0 Å². The number of amides is 2. The smallest absolute Gasteiger partial charge is 0.366 e. The van der Waals surface area contributed by atoms with Crippen molar-refractivity contribution in [2.75, 3.05) is 28.2 Å². The molecule has 0 unspecified atom stereocenters. The molecule has 0 radical (unpaired) electrons. The first-order valence-corrected chi connectivity index (χ1v) is 10.1. The fourth-order valence-electron chi connectivity index (χ4n) is 3.88. The minimum atomic E-state index is -4.47. The second-order valence-electron chi connectivity index (χ2n) is 7.87. The number of nitrogens with zero attached hydrogens (tertiary/aromatic N) is 4. The van der Waals surface area contributed by atoms with E-state index >= 15 is 0 Å². The second kappa shape index (κ2) is 8.15. The number of carbonyl (C=O) groups is 2. The van der Waals surface area contributed by atoms with E-state index in [1.807, 2.05) is 4.90 Å². The highest BCUT2D eigenvalue weighted by Gasteiger charge is 2.41. The van der Waals surface area contributed by atoms with Crippen LogP contribution in [0, 0.1) is 18.3 Å². The molecule has 1 saturated heterocycles. The molecule has 10 heteroatoms. The number of hydrogen-bond acceptors (Lipinski definition) is 5. The number of anilines is 3. The van der Waals surface area contributed by atoms with E-state index in [2.05, 4.69) is 21.2 Å². The molecule has 4 rings (SSSR count). The molecule has 0 saturated carbocycles. The highest BCUT2D eigenvalue weighted by atomic mass is 19.4. The van der Waals surface area contributed by atoms with E-state index < -0.39 is 30.3 Å². The quantitative estimate of drug-likeness (QED) is 0.574. The molecule has 7 nitrogen and oxygen atoms in total. The number of ketones is 1. The number of hydrogen-bond donors (Lipinski definition) is 1. The summed E-state index contributed by atoms with van der Waals surface area (Å²) in [5, 5.41) is 2.70. The van der Waals surface area contributed by atoms with Gasteiger partial charge >= 0.3 is 12.2 Å². The lowest BCUT2D eigenvalue weighted by molar-refractivity contribution is -0.168. The first-order valence-electron chi connectivity index (χ1n) is 10.1. The molecular weight excluding hydrogens is 423 g/mol. The minimum Gasteiger partial charge on any atom is -0.366 e. The molecule has 2 atom stereocenters. The Morgan fingerprint density at radius 1 is 1.34 bits per heavy atom. The molecule has 4 heterocycles. The molecule has 32 heavy (non-hydrogen) atoms. The molecule has 2 aliphatic rings. The van der Waals surface area contributed by atoms with Crippen molar-refractivity contribution in [1.82, 2.24) is 9.97 Å². The number of Topliss-reactive ketones (excluding diaryl/α,β-unsaturated/α-hetero) is 1. The van der Waals surface area contributed by atoms with Crippen LogP contribution in [0.3, 0.4) is 0 Å². The highest BCUT2D eigenvalue weighted by Crippen LogP contribution is 2.39. The van der Waals surface area contributed by atoms with Crippen molar-refractivity contribution in [3.8, 4) is 12.3 Å². The summed E-state index contributed by atoms with van der Waals surface area (Å²) in [5.74, 6) is 0.457. The lowest BCUT2D eigenvalue weighted by Crippen LogP contribution is -2.48. The Morgan fingerprint density at radius 3 is 2.84 bits per heavy atom. The number of terminal acetylenes is 1. The monoisotopic (exact) mass is 443 g/mol. The van der Waals surface area contributed by atoms with Gasteiger partial charge in [-0.3, -0.25) is 15.0 Å². The lowest BCUT2D eigenvalue weighted by atomic mass is 10.0. The van der Waals surface area contributed by atoms with Gasteiger partial charge in [-0.15, -0.1) is 6.42 Å². The number of urea groups is 1. The first kappa shape index (κ1) is 21.6. The molecule has 0 aliphatic carbocycles. The third-order valence-corrected chi connectivity index (χ3v) is 5.67. The van der Waals surface area contributed by atoms with E-state index in [1.54, 1.807) is 18.2 Å². The van der Waals surface area contributed by atoms with Crippen LogP contribution in [-0.4, -0.2) is 47.1 Å². The van der Waals surface area contributed by atoms with Crippen molar-refractivity contribution in [2.24, 2.45) is 5.92 Å². The van der Waals surface area contributed by atoms with E-state index in [9.17, 15) is 22.8 Å². The molecule has 1 N–H and O–H groups in total. The summed E-state index contributed by atoms with van der Waals surface area (Å²) in [6.45, 7) is 2.25. The number of halogens is 3. The number of carbonyl (C=O) groups excluding carboxylic acids is 2. The molecule has 0 aromatic carbocycles. The highest BCUT2D eigenvalue weighted by molar-refractivity contribution is 6.05. The van der Waals surface area contributed by atoms with Crippen LogP contribution in [0.5, 0.6) is 0 Å². The Kier molecular flexibility index (Phi) is 5.50. The Balaban J connectivity index is 1.63. The van der Waals surface area contributed by atoms with Crippen LogP contribution in [0.4, 0.5) is 35.3 Å². The van der Waals surface area contributed by atoms with Crippen LogP contribution in [-0.2, 0) is 0 Å². The largest absolute Gasteiger partial charge is 0.391 e. The van der Waals surface area contributed by atoms with Crippen LogP contribution in [0.15, 0.2) is 30.5 Å². The summed E-state index contributed by atoms with van der Waals surface area (Å²) in [6.07, 6.45) is 2.38. The zero-order chi connectivity index (χ0) is 23.0. The van der Waals surface area contributed by atoms with E-state index in [0.717, 1.165) is 6.92 Å². The van der Waals surface area contributed by atoms with Crippen molar-refractivity contribution in [1.29, 1.82) is 0 Å². The van der Waals surface area contributed by atoms with Gasteiger partial charge in [-0.25, -0.2) is 14.8 Å². The Bertz CT molecular complexity index is 1110. The third-order valence-electron chi connectivity index (χ3n) is 5.67. The zero-order valence-corrected chi connectivity index (χ0v) is 17.2. The molecule has 166 valence electrons. The molecule has 2 aliphatic heterocycles. The van der Waals surface area contributed by atoms with Crippen molar-refractivity contribution < 1.29 is 22.8 Å². The SMILES string of the molecule is C#Cc1ccnc(NC(=O)N2c3nc(C(=O)C[C@H](C)C(F)(F)F)ccc3N3CC[C@H]2C3)c1. The molecule has 2 bridgehead atoms.